The Morgan fingerprint density at radius 1 is 1.32 bits per heavy atom. The van der Waals surface area contributed by atoms with E-state index in [2.05, 4.69) is 27.3 Å². The Hall–Kier alpha value is -1.63. The summed E-state index contributed by atoms with van der Waals surface area (Å²) in [6, 6.07) is -0.0687. The van der Waals surface area contributed by atoms with Crippen molar-refractivity contribution in [1.82, 2.24) is 25.3 Å². The maximum Gasteiger partial charge on any atom is 0.317 e. The Kier molecular flexibility index (Phi) is 6.29. The lowest BCUT2D eigenvalue weighted by Crippen LogP contribution is -2.44. The lowest BCUT2D eigenvalue weighted by molar-refractivity contribution is 0.172. The van der Waals surface area contributed by atoms with Crippen LogP contribution in [0.15, 0.2) is 4.52 Å². The molecule has 1 aromatic heterocycles. The standard InChI is InChI=1S/C18H31N5O2/c1-3-23-10-6-7-14(12-23)11-19-18(24)22(2)13-16-20-17(25-21-16)15-8-4-5-9-15/h14-15H,3-13H2,1-2H3,(H,19,24)/t14-/m1/s1. The first-order valence-corrected chi connectivity index (χ1v) is 9.69. The predicted molar refractivity (Wildman–Crippen MR) is 95.2 cm³/mol. The van der Waals surface area contributed by atoms with Crippen molar-refractivity contribution in [2.24, 2.45) is 5.92 Å². The van der Waals surface area contributed by atoms with Gasteiger partial charge in [0.25, 0.3) is 0 Å². The van der Waals surface area contributed by atoms with E-state index in [4.69, 9.17) is 4.52 Å². The molecule has 3 rings (SSSR count). The molecule has 1 aliphatic carbocycles. The Balaban J connectivity index is 1.43. The molecule has 1 atom stereocenters. The second-order valence-electron chi connectivity index (χ2n) is 7.47. The van der Waals surface area contributed by atoms with Gasteiger partial charge in [0.1, 0.15) is 0 Å². The van der Waals surface area contributed by atoms with Crippen molar-refractivity contribution < 1.29 is 9.32 Å². The molecule has 0 aromatic carbocycles. The molecule has 2 aliphatic rings. The predicted octanol–water partition coefficient (Wildman–Crippen LogP) is 2.60. The molecule has 1 saturated carbocycles. The van der Waals surface area contributed by atoms with Gasteiger partial charge in [0, 0.05) is 26.1 Å². The van der Waals surface area contributed by atoms with Crippen LogP contribution in [0.3, 0.4) is 0 Å². The lowest BCUT2D eigenvalue weighted by atomic mass is 9.98. The quantitative estimate of drug-likeness (QED) is 0.854. The number of nitrogens with one attached hydrogen (secondary N) is 1. The molecular formula is C18H31N5O2. The molecular weight excluding hydrogens is 318 g/mol. The van der Waals surface area contributed by atoms with Crippen LogP contribution < -0.4 is 5.32 Å². The van der Waals surface area contributed by atoms with E-state index in [-0.39, 0.29) is 6.03 Å². The molecule has 2 fully saturated rings. The molecule has 7 heteroatoms. The van der Waals surface area contributed by atoms with E-state index in [0.717, 1.165) is 38.4 Å². The first-order chi connectivity index (χ1) is 12.2. The van der Waals surface area contributed by atoms with E-state index in [0.29, 0.717) is 24.2 Å². The fraction of sp³-hybridized carbons (Fsp3) is 0.833. The van der Waals surface area contributed by atoms with Gasteiger partial charge in [-0.15, -0.1) is 0 Å². The van der Waals surface area contributed by atoms with Gasteiger partial charge in [-0.2, -0.15) is 4.98 Å². The van der Waals surface area contributed by atoms with Crippen molar-refractivity contribution in [3.63, 3.8) is 0 Å². The van der Waals surface area contributed by atoms with Crippen LogP contribution in [-0.2, 0) is 6.54 Å². The van der Waals surface area contributed by atoms with Gasteiger partial charge in [0.15, 0.2) is 5.82 Å². The summed E-state index contributed by atoms with van der Waals surface area (Å²) in [6.07, 6.45) is 7.15. The van der Waals surface area contributed by atoms with Gasteiger partial charge in [-0.25, -0.2) is 4.79 Å². The summed E-state index contributed by atoms with van der Waals surface area (Å²) >= 11 is 0. The number of urea groups is 1. The molecule has 7 nitrogen and oxygen atoms in total. The van der Waals surface area contributed by atoms with E-state index >= 15 is 0 Å². The van der Waals surface area contributed by atoms with Gasteiger partial charge in [-0.3, -0.25) is 0 Å². The number of hydrogen-bond donors (Lipinski definition) is 1. The molecule has 25 heavy (non-hydrogen) atoms. The van der Waals surface area contributed by atoms with Crippen molar-refractivity contribution >= 4 is 6.03 Å². The number of aromatic nitrogens is 2. The van der Waals surface area contributed by atoms with Gasteiger partial charge < -0.3 is 19.6 Å². The average molecular weight is 349 g/mol. The van der Waals surface area contributed by atoms with Crippen LogP contribution in [0.25, 0.3) is 0 Å². The molecule has 1 aliphatic heterocycles. The van der Waals surface area contributed by atoms with Crippen LogP contribution in [0, 0.1) is 5.92 Å². The normalized spacial score (nSPS) is 22.2. The maximum absolute atomic E-state index is 12.3. The zero-order valence-corrected chi connectivity index (χ0v) is 15.5. The monoisotopic (exact) mass is 349 g/mol. The number of likely N-dealkylation sites (tertiary alicyclic amines) is 1. The van der Waals surface area contributed by atoms with Gasteiger partial charge in [0.05, 0.1) is 6.54 Å². The number of amides is 2. The third-order valence-electron chi connectivity index (χ3n) is 5.51. The molecule has 1 saturated heterocycles. The van der Waals surface area contributed by atoms with Crippen molar-refractivity contribution in [3.8, 4) is 0 Å². The first kappa shape index (κ1) is 18.2. The average Bonchev–Trinajstić information content (AvgIpc) is 3.31. The number of rotatable bonds is 6. The highest BCUT2D eigenvalue weighted by Crippen LogP contribution is 2.32. The minimum Gasteiger partial charge on any atom is -0.339 e. The number of nitrogens with zero attached hydrogens (tertiary/aromatic N) is 4. The Bertz CT molecular complexity index is 555. The van der Waals surface area contributed by atoms with E-state index in [1.54, 1.807) is 11.9 Å². The number of hydrogen-bond acceptors (Lipinski definition) is 5. The van der Waals surface area contributed by atoms with Crippen molar-refractivity contribution in [2.75, 3.05) is 33.2 Å². The lowest BCUT2D eigenvalue weighted by Gasteiger charge is -2.32. The minimum absolute atomic E-state index is 0.0687. The fourth-order valence-corrected chi connectivity index (χ4v) is 3.93. The van der Waals surface area contributed by atoms with Gasteiger partial charge in [-0.1, -0.05) is 24.9 Å². The molecule has 2 amide bonds. The summed E-state index contributed by atoms with van der Waals surface area (Å²) in [7, 11) is 1.78. The van der Waals surface area contributed by atoms with Crippen LogP contribution in [0.5, 0.6) is 0 Å². The highest BCUT2D eigenvalue weighted by Gasteiger charge is 2.24. The summed E-state index contributed by atoms with van der Waals surface area (Å²) in [6.45, 7) is 6.66. The molecule has 0 radical (unpaired) electrons. The summed E-state index contributed by atoms with van der Waals surface area (Å²) in [4.78, 5) is 20.9. The zero-order valence-electron chi connectivity index (χ0n) is 15.5. The zero-order chi connectivity index (χ0) is 17.6. The topological polar surface area (TPSA) is 74.5 Å². The third kappa shape index (κ3) is 4.93. The second-order valence-corrected chi connectivity index (χ2v) is 7.47. The number of carbonyl (C=O) groups is 1. The van der Waals surface area contributed by atoms with E-state index in [1.165, 1.54) is 32.2 Å². The SMILES string of the molecule is CCN1CCC[C@H](CNC(=O)N(C)Cc2noc(C3CCCC3)n2)C1. The van der Waals surface area contributed by atoms with Crippen molar-refractivity contribution in [1.29, 1.82) is 0 Å². The maximum atomic E-state index is 12.3. The smallest absolute Gasteiger partial charge is 0.317 e. The summed E-state index contributed by atoms with van der Waals surface area (Å²) in [5.41, 5.74) is 0. The third-order valence-corrected chi connectivity index (χ3v) is 5.51. The van der Waals surface area contributed by atoms with Crippen LogP contribution in [0.2, 0.25) is 0 Å². The highest BCUT2D eigenvalue weighted by atomic mass is 16.5. The van der Waals surface area contributed by atoms with Crippen molar-refractivity contribution in [3.05, 3.63) is 11.7 Å². The fourth-order valence-electron chi connectivity index (χ4n) is 3.93. The van der Waals surface area contributed by atoms with Crippen LogP contribution in [0.4, 0.5) is 4.79 Å². The first-order valence-electron chi connectivity index (χ1n) is 9.69. The number of piperidine rings is 1. The van der Waals surface area contributed by atoms with E-state index < -0.39 is 0 Å². The van der Waals surface area contributed by atoms with Gasteiger partial charge in [0.2, 0.25) is 5.89 Å². The number of carbonyl (C=O) groups excluding carboxylic acids is 1. The summed E-state index contributed by atoms with van der Waals surface area (Å²) in [5.74, 6) is 2.29. The Morgan fingerprint density at radius 2 is 2.12 bits per heavy atom. The molecule has 1 aromatic rings. The molecule has 1 N–H and O–H groups in total. The summed E-state index contributed by atoms with van der Waals surface area (Å²) < 4.78 is 5.38. The van der Waals surface area contributed by atoms with Gasteiger partial charge in [-0.05, 0) is 44.7 Å². The van der Waals surface area contributed by atoms with Crippen LogP contribution in [-0.4, -0.2) is 59.2 Å². The summed E-state index contributed by atoms with van der Waals surface area (Å²) in [5, 5.41) is 7.09. The highest BCUT2D eigenvalue weighted by molar-refractivity contribution is 5.73. The minimum atomic E-state index is -0.0687. The van der Waals surface area contributed by atoms with E-state index in [9.17, 15) is 4.79 Å². The molecule has 140 valence electrons. The largest absolute Gasteiger partial charge is 0.339 e. The Morgan fingerprint density at radius 3 is 2.88 bits per heavy atom. The molecule has 0 spiro atoms. The van der Waals surface area contributed by atoms with Crippen molar-refractivity contribution in [2.45, 2.75) is 57.9 Å². The van der Waals surface area contributed by atoms with Crippen LogP contribution in [0.1, 0.15) is 63.1 Å². The molecule has 0 bridgehead atoms. The molecule has 0 unspecified atom stereocenters. The van der Waals surface area contributed by atoms with E-state index in [1.807, 2.05) is 0 Å². The second kappa shape index (κ2) is 8.65. The van der Waals surface area contributed by atoms with Gasteiger partial charge >= 0.3 is 6.03 Å². The molecule has 2 heterocycles. The Labute approximate surface area is 150 Å². The van der Waals surface area contributed by atoms with Crippen LogP contribution >= 0.6 is 0 Å².